The van der Waals surface area contributed by atoms with E-state index in [0.717, 1.165) is 11.1 Å². The lowest BCUT2D eigenvalue weighted by Gasteiger charge is -2.07. The van der Waals surface area contributed by atoms with Gasteiger partial charge in [-0.2, -0.15) is 5.10 Å². The summed E-state index contributed by atoms with van der Waals surface area (Å²) in [6.45, 7) is 2.58. The second-order valence-corrected chi connectivity index (χ2v) is 3.36. The van der Waals surface area contributed by atoms with Crippen molar-refractivity contribution < 1.29 is 4.84 Å². The fourth-order valence-corrected chi connectivity index (χ4v) is 1.57. The van der Waals surface area contributed by atoms with Gasteiger partial charge in [-0.25, -0.2) is 10.4 Å². The van der Waals surface area contributed by atoms with Gasteiger partial charge >= 0.3 is 0 Å². The molecular weight excluding hydrogens is 178 g/mol. The number of hydrogen-bond acceptors (Lipinski definition) is 3. The second kappa shape index (κ2) is 3.77. The SMILES string of the molecule is CC(CON)c1cnn2ccccc12. The molecule has 74 valence electrons. The standard InChI is InChI=1S/C10H13N3O/c1-8(7-14-11)9-6-12-13-5-3-2-4-10(9)13/h2-6,8H,7,11H2,1H3. The number of nitrogens with zero attached hydrogens (tertiary/aromatic N) is 2. The summed E-state index contributed by atoms with van der Waals surface area (Å²) in [5.41, 5.74) is 2.27. The molecule has 0 radical (unpaired) electrons. The zero-order chi connectivity index (χ0) is 9.97. The molecule has 2 N–H and O–H groups in total. The van der Waals surface area contributed by atoms with E-state index in [9.17, 15) is 0 Å². The summed E-state index contributed by atoms with van der Waals surface area (Å²) in [7, 11) is 0. The number of hydrogen-bond donors (Lipinski definition) is 1. The molecule has 2 rings (SSSR count). The molecule has 2 aromatic rings. The molecule has 0 fully saturated rings. The highest BCUT2D eigenvalue weighted by molar-refractivity contribution is 5.54. The molecule has 0 amide bonds. The van der Waals surface area contributed by atoms with Gasteiger partial charge in [0.15, 0.2) is 0 Å². The van der Waals surface area contributed by atoms with Gasteiger partial charge in [0, 0.05) is 17.7 Å². The molecule has 0 bridgehead atoms. The largest absolute Gasteiger partial charge is 0.304 e. The van der Waals surface area contributed by atoms with Gasteiger partial charge < -0.3 is 4.84 Å². The zero-order valence-corrected chi connectivity index (χ0v) is 8.05. The van der Waals surface area contributed by atoms with Gasteiger partial charge in [0.1, 0.15) is 0 Å². The molecule has 0 aliphatic heterocycles. The molecule has 0 aliphatic rings. The monoisotopic (exact) mass is 191 g/mol. The summed E-state index contributed by atoms with van der Waals surface area (Å²) < 4.78 is 1.85. The maximum Gasteiger partial charge on any atom is 0.0746 e. The van der Waals surface area contributed by atoms with Gasteiger partial charge in [0.2, 0.25) is 0 Å². The van der Waals surface area contributed by atoms with E-state index in [1.807, 2.05) is 35.1 Å². The number of aromatic nitrogens is 2. The van der Waals surface area contributed by atoms with Crippen molar-refractivity contribution in [3.05, 3.63) is 36.2 Å². The maximum atomic E-state index is 5.05. The van der Waals surface area contributed by atoms with Crippen LogP contribution in [-0.2, 0) is 4.84 Å². The minimum atomic E-state index is 0.264. The molecule has 14 heavy (non-hydrogen) atoms. The minimum Gasteiger partial charge on any atom is -0.304 e. The third-order valence-corrected chi connectivity index (χ3v) is 2.33. The molecule has 0 spiro atoms. The van der Waals surface area contributed by atoms with Crippen molar-refractivity contribution in [2.45, 2.75) is 12.8 Å². The van der Waals surface area contributed by atoms with Crippen LogP contribution in [0.5, 0.6) is 0 Å². The number of rotatable bonds is 3. The van der Waals surface area contributed by atoms with Crippen LogP contribution in [0.25, 0.3) is 5.52 Å². The quantitative estimate of drug-likeness (QED) is 0.744. The normalized spacial score (nSPS) is 13.3. The summed E-state index contributed by atoms with van der Waals surface area (Å²) in [6.07, 6.45) is 3.79. The van der Waals surface area contributed by atoms with E-state index >= 15 is 0 Å². The smallest absolute Gasteiger partial charge is 0.0746 e. The van der Waals surface area contributed by atoms with Crippen LogP contribution in [-0.4, -0.2) is 16.2 Å². The lowest BCUT2D eigenvalue weighted by molar-refractivity contribution is 0.127. The van der Waals surface area contributed by atoms with E-state index < -0.39 is 0 Å². The minimum absolute atomic E-state index is 0.264. The van der Waals surface area contributed by atoms with Crippen LogP contribution in [0.2, 0.25) is 0 Å². The Morgan fingerprint density at radius 2 is 2.43 bits per heavy atom. The molecule has 1 atom stereocenters. The third-order valence-electron chi connectivity index (χ3n) is 2.33. The van der Waals surface area contributed by atoms with Crippen molar-refractivity contribution in [1.29, 1.82) is 0 Å². The second-order valence-electron chi connectivity index (χ2n) is 3.36. The van der Waals surface area contributed by atoms with Gasteiger partial charge in [-0.1, -0.05) is 13.0 Å². The van der Waals surface area contributed by atoms with Crippen LogP contribution >= 0.6 is 0 Å². The first-order valence-corrected chi connectivity index (χ1v) is 4.57. The van der Waals surface area contributed by atoms with E-state index in [1.165, 1.54) is 0 Å². The van der Waals surface area contributed by atoms with Crippen LogP contribution in [0.4, 0.5) is 0 Å². The summed E-state index contributed by atoms with van der Waals surface area (Å²) >= 11 is 0. The molecule has 4 nitrogen and oxygen atoms in total. The van der Waals surface area contributed by atoms with E-state index in [0.29, 0.717) is 6.61 Å². The topological polar surface area (TPSA) is 52.5 Å². The van der Waals surface area contributed by atoms with Gasteiger partial charge in [-0.05, 0) is 12.1 Å². The van der Waals surface area contributed by atoms with Crippen molar-refractivity contribution in [3.63, 3.8) is 0 Å². The van der Waals surface area contributed by atoms with Crippen LogP contribution in [0, 0.1) is 0 Å². The average molecular weight is 191 g/mol. The van der Waals surface area contributed by atoms with Crippen LogP contribution in [0.3, 0.4) is 0 Å². The van der Waals surface area contributed by atoms with Crippen molar-refractivity contribution in [2.24, 2.45) is 5.90 Å². The maximum absolute atomic E-state index is 5.05. The predicted molar refractivity (Wildman–Crippen MR) is 53.7 cm³/mol. The summed E-state index contributed by atoms with van der Waals surface area (Å²) in [4.78, 5) is 4.64. The Morgan fingerprint density at radius 1 is 1.57 bits per heavy atom. The Hall–Kier alpha value is -1.39. The fourth-order valence-electron chi connectivity index (χ4n) is 1.57. The average Bonchev–Trinajstić information content (AvgIpc) is 2.61. The molecule has 0 aliphatic carbocycles. The Kier molecular flexibility index (Phi) is 2.47. The van der Waals surface area contributed by atoms with Gasteiger partial charge in [0.25, 0.3) is 0 Å². The first-order valence-electron chi connectivity index (χ1n) is 4.57. The molecule has 1 unspecified atom stereocenters. The van der Waals surface area contributed by atoms with Gasteiger partial charge in [-0.3, -0.25) is 0 Å². The van der Waals surface area contributed by atoms with E-state index in [2.05, 4.69) is 16.9 Å². The molecule has 2 heterocycles. The molecule has 4 heteroatoms. The molecular formula is C10H13N3O. The molecule has 0 saturated heterocycles. The van der Waals surface area contributed by atoms with E-state index in [4.69, 9.17) is 5.90 Å². The molecule has 0 aromatic carbocycles. The van der Waals surface area contributed by atoms with Gasteiger partial charge in [0.05, 0.1) is 18.3 Å². The highest BCUT2D eigenvalue weighted by Gasteiger charge is 2.10. The number of pyridine rings is 1. The summed E-state index contributed by atoms with van der Waals surface area (Å²) in [5.74, 6) is 5.32. The summed E-state index contributed by atoms with van der Waals surface area (Å²) in [5, 5.41) is 4.24. The number of nitrogens with two attached hydrogens (primary N) is 1. The highest BCUT2D eigenvalue weighted by Crippen LogP contribution is 2.20. The van der Waals surface area contributed by atoms with Crippen LogP contribution < -0.4 is 5.90 Å². The Morgan fingerprint density at radius 3 is 3.21 bits per heavy atom. The molecule has 0 saturated carbocycles. The van der Waals surface area contributed by atoms with Crippen molar-refractivity contribution >= 4 is 5.52 Å². The number of fused-ring (bicyclic) bond motifs is 1. The first-order chi connectivity index (χ1) is 6.83. The lowest BCUT2D eigenvalue weighted by atomic mass is 10.0. The Balaban J connectivity index is 2.42. The highest BCUT2D eigenvalue weighted by atomic mass is 16.6. The zero-order valence-electron chi connectivity index (χ0n) is 8.05. The Bertz CT molecular complexity index is 424. The predicted octanol–water partition coefficient (Wildman–Crippen LogP) is 1.33. The van der Waals surface area contributed by atoms with Crippen molar-refractivity contribution in [2.75, 3.05) is 6.61 Å². The van der Waals surface area contributed by atoms with E-state index in [1.54, 1.807) is 0 Å². The fraction of sp³-hybridized carbons (Fsp3) is 0.300. The molecule has 2 aromatic heterocycles. The van der Waals surface area contributed by atoms with Gasteiger partial charge in [-0.15, -0.1) is 0 Å². The van der Waals surface area contributed by atoms with E-state index in [-0.39, 0.29) is 5.92 Å². The third kappa shape index (κ3) is 1.49. The summed E-state index contributed by atoms with van der Waals surface area (Å²) in [6, 6.07) is 5.99. The van der Waals surface area contributed by atoms with Crippen LogP contribution in [0.15, 0.2) is 30.6 Å². The Labute approximate surface area is 82.2 Å². The first kappa shape index (κ1) is 9.18. The van der Waals surface area contributed by atoms with Crippen molar-refractivity contribution in [3.8, 4) is 0 Å². The van der Waals surface area contributed by atoms with Crippen LogP contribution in [0.1, 0.15) is 18.4 Å². The lowest BCUT2D eigenvalue weighted by Crippen LogP contribution is -2.08. The van der Waals surface area contributed by atoms with Crippen molar-refractivity contribution in [1.82, 2.24) is 9.61 Å².